The first kappa shape index (κ1) is 12.6. The first-order valence-corrected chi connectivity index (χ1v) is 6.15. The van der Waals surface area contributed by atoms with E-state index in [1.54, 1.807) is 6.07 Å². The molecule has 2 aromatic rings. The number of anilines is 1. The Hall–Kier alpha value is -1.83. The second kappa shape index (κ2) is 5.21. The quantitative estimate of drug-likeness (QED) is 0.829. The van der Waals surface area contributed by atoms with Crippen LogP contribution in [-0.2, 0) is 0 Å². The maximum Gasteiger partial charge on any atom is 0.125 e. The molecule has 1 nitrogen and oxygen atoms in total. The maximum absolute atomic E-state index is 13.1. The van der Waals surface area contributed by atoms with Gasteiger partial charge in [0.05, 0.1) is 0 Å². The van der Waals surface area contributed by atoms with Gasteiger partial charge in [0.1, 0.15) is 5.82 Å². The van der Waals surface area contributed by atoms with Crippen LogP contribution in [0.3, 0.4) is 0 Å². The minimum Gasteiger partial charge on any atom is -0.378 e. The number of benzene rings is 2. The third-order valence-corrected chi connectivity index (χ3v) is 3.24. The lowest BCUT2D eigenvalue weighted by Crippen LogP contribution is -2.07. The normalized spacial score (nSPS) is 12.2. The Balaban J connectivity index is 2.16. The summed E-state index contributed by atoms with van der Waals surface area (Å²) in [5, 5.41) is 3.31. The van der Waals surface area contributed by atoms with Crippen molar-refractivity contribution >= 4 is 5.69 Å². The van der Waals surface area contributed by atoms with Crippen LogP contribution in [0.25, 0.3) is 0 Å². The van der Waals surface area contributed by atoms with E-state index in [4.69, 9.17) is 0 Å². The molecule has 18 heavy (non-hydrogen) atoms. The lowest BCUT2D eigenvalue weighted by atomic mass is 10.0. The molecule has 0 spiro atoms. The molecule has 0 amide bonds. The monoisotopic (exact) mass is 243 g/mol. The van der Waals surface area contributed by atoms with Crippen molar-refractivity contribution in [2.24, 2.45) is 0 Å². The third-order valence-electron chi connectivity index (χ3n) is 3.24. The van der Waals surface area contributed by atoms with Crippen molar-refractivity contribution in [2.75, 3.05) is 5.32 Å². The molecule has 0 aliphatic heterocycles. The van der Waals surface area contributed by atoms with Gasteiger partial charge in [0.2, 0.25) is 0 Å². The second-order valence-electron chi connectivity index (χ2n) is 4.72. The van der Waals surface area contributed by atoms with Crippen LogP contribution in [-0.4, -0.2) is 0 Å². The molecule has 1 unspecified atom stereocenters. The van der Waals surface area contributed by atoms with E-state index in [2.05, 4.69) is 44.3 Å². The van der Waals surface area contributed by atoms with Crippen LogP contribution in [0, 0.1) is 19.7 Å². The van der Waals surface area contributed by atoms with Gasteiger partial charge in [-0.3, -0.25) is 0 Å². The smallest absolute Gasteiger partial charge is 0.125 e. The molecule has 0 aromatic heterocycles. The van der Waals surface area contributed by atoms with Gasteiger partial charge in [0.15, 0.2) is 0 Å². The molecule has 0 saturated carbocycles. The number of rotatable bonds is 3. The summed E-state index contributed by atoms with van der Waals surface area (Å²) in [6.45, 7) is 6.28. The Morgan fingerprint density at radius 2 is 1.78 bits per heavy atom. The van der Waals surface area contributed by atoms with Gasteiger partial charge in [-0.15, -0.1) is 0 Å². The summed E-state index contributed by atoms with van der Waals surface area (Å²) in [6.07, 6.45) is 0. The van der Waals surface area contributed by atoms with Crippen molar-refractivity contribution in [3.8, 4) is 0 Å². The Morgan fingerprint density at radius 3 is 2.44 bits per heavy atom. The molecular formula is C16H18FN. The van der Waals surface area contributed by atoms with Crippen molar-refractivity contribution in [3.05, 3.63) is 65.0 Å². The predicted octanol–water partition coefficient (Wildman–Crippen LogP) is 4.62. The first-order valence-electron chi connectivity index (χ1n) is 6.15. The van der Waals surface area contributed by atoms with E-state index in [0.717, 1.165) is 5.69 Å². The van der Waals surface area contributed by atoms with E-state index in [1.807, 2.05) is 6.07 Å². The summed E-state index contributed by atoms with van der Waals surface area (Å²) in [6, 6.07) is 13.1. The van der Waals surface area contributed by atoms with E-state index in [1.165, 1.54) is 28.8 Å². The lowest BCUT2D eigenvalue weighted by Gasteiger charge is -2.17. The van der Waals surface area contributed by atoms with Gasteiger partial charge in [-0.1, -0.05) is 24.3 Å². The third kappa shape index (κ3) is 2.89. The molecule has 1 N–H and O–H groups in total. The SMILES string of the molecule is Cc1ccc(C(C)Nc2cccc(F)c2)cc1C. The molecule has 0 radical (unpaired) electrons. The Morgan fingerprint density at radius 1 is 1.00 bits per heavy atom. The molecule has 0 aliphatic rings. The van der Waals surface area contributed by atoms with Gasteiger partial charge >= 0.3 is 0 Å². The minimum absolute atomic E-state index is 0.158. The van der Waals surface area contributed by atoms with Crippen molar-refractivity contribution in [1.82, 2.24) is 0 Å². The van der Waals surface area contributed by atoms with Gasteiger partial charge < -0.3 is 5.32 Å². The predicted molar refractivity (Wildman–Crippen MR) is 74.4 cm³/mol. The van der Waals surface area contributed by atoms with Gasteiger partial charge in [-0.05, 0) is 55.7 Å². The minimum atomic E-state index is -0.215. The fraction of sp³-hybridized carbons (Fsp3) is 0.250. The number of hydrogen-bond donors (Lipinski definition) is 1. The van der Waals surface area contributed by atoms with E-state index >= 15 is 0 Å². The number of aryl methyl sites for hydroxylation is 2. The highest BCUT2D eigenvalue weighted by atomic mass is 19.1. The molecule has 94 valence electrons. The van der Waals surface area contributed by atoms with Crippen LogP contribution >= 0.6 is 0 Å². The van der Waals surface area contributed by atoms with Crippen LogP contribution < -0.4 is 5.32 Å². The molecule has 2 rings (SSSR count). The largest absolute Gasteiger partial charge is 0.378 e. The second-order valence-corrected chi connectivity index (χ2v) is 4.72. The average molecular weight is 243 g/mol. The fourth-order valence-corrected chi connectivity index (χ4v) is 1.95. The first-order chi connectivity index (χ1) is 8.56. The van der Waals surface area contributed by atoms with Gasteiger partial charge in [0, 0.05) is 11.7 Å². The lowest BCUT2D eigenvalue weighted by molar-refractivity contribution is 0.628. The summed E-state index contributed by atoms with van der Waals surface area (Å²) in [5.74, 6) is -0.215. The van der Waals surface area contributed by atoms with E-state index < -0.39 is 0 Å². The Bertz CT molecular complexity index is 549. The van der Waals surface area contributed by atoms with Crippen LogP contribution in [0.1, 0.15) is 29.7 Å². The molecule has 0 heterocycles. The average Bonchev–Trinajstić information content (AvgIpc) is 2.32. The van der Waals surface area contributed by atoms with Crippen LogP contribution in [0.2, 0.25) is 0 Å². The zero-order chi connectivity index (χ0) is 13.1. The van der Waals surface area contributed by atoms with E-state index in [9.17, 15) is 4.39 Å². The molecule has 0 aliphatic carbocycles. The summed E-state index contributed by atoms with van der Waals surface area (Å²) in [4.78, 5) is 0. The number of hydrogen-bond acceptors (Lipinski definition) is 1. The fourth-order valence-electron chi connectivity index (χ4n) is 1.95. The van der Waals surface area contributed by atoms with E-state index in [0.29, 0.717) is 0 Å². The number of halogens is 1. The Kier molecular flexibility index (Phi) is 3.66. The maximum atomic E-state index is 13.1. The molecule has 0 saturated heterocycles. The summed E-state index contributed by atoms with van der Waals surface area (Å²) >= 11 is 0. The van der Waals surface area contributed by atoms with Crippen LogP contribution in [0.15, 0.2) is 42.5 Å². The Labute approximate surface area is 108 Å². The highest BCUT2D eigenvalue weighted by Gasteiger charge is 2.06. The highest BCUT2D eigenvalue weighted by Crippen LogP contribution is 2.21. The molecule has 1 atom stereocenters. The van der Waals surface area contributed by atoms with Crippen molar-refractivity contribution < 1.29 is 4.39 Å². The zero-order valence-electron chi connectivity index (χ0n) is 11.0. The highest BCUT2D eigenvalue weighted by molar-refractivity contribution is 5.46. The molecule has 0 fully saturated rings. The van der Waals surface area contributed by atoms with Crippen molar-refractivity contribution in [1.29, 1.82) is 0 Å². The van der Waals surface area contributed by atoms with Gasteiger partial charge in [0.25, 0.3) is 0 Å². The van der Waals surface area contributed by atoms with Crippen LogP contribution in [0.4, 0.5) is 10.1 Å². The van der Waals surface area contributed by atoms with Crippen molar-refractivity contribution in [2.45, 2.75) is 26.8 Å². The standard InChI is InChI=1S/C16H18FN/c1-11-7-8-14(9-12(11)2)13(3)18-16-6-4-5-15(17)10-16/h4-10,13,18H,1-3H3. The molecule has 0 bridgehead atoms. The number of nitrogens with one attached hydrogen (secondary N) is 1. The molecule has 2 heteroatoms. The molecular weight excluding hydrogens is 225 g/mol. The van der Waals surface area contributed by atoms with E-state index in [-0.39, 0.29) is 11.9 Å². The summed E-state index contributed by atoms with van der Waals surface area (Å²) in [7, 11) is 0. The summed E-state index contributed by atoms with van der Waals surface area (Å²) < 4.78 is 13.1. The van der Waals surface area contributed by atoms with Gasteiger partial charge in [-0.25, -0.2) is 4.39 Å². The van der Waals surface area contributed by atoms with Gasteiger partial charge in [-0.2, -0.15) is 0 Å². The zero-order valence-corrected chi connectivity index (χ0v) is 11.0. The topological polar surface area (TPSA) is 12.0 Å². The van der Waals surface area contributed by atoms with Crippen LogP contribution in [0.5, 0.6) is 0 Å². The molecule has 2 aromatic carbocycles. The summed E-state index contributed by atoms with van der Waals surface area (Å²) in [5.41, 5.74) is 4.58. The van der Waals surface area contributed by atoms with Crippen molar-refractivity contribution in [3.63, 3.8) is 0 Å².